The Morgan fingerprint density at radius 2 is 1.92 bits per heavy atom. The van der Waals surface area contributed by atoms with Crippen LogP contribution in [0.1, 0.15) is 25.9 Å². The Bertz CT molecular complexity index is 900. The van der Waals surface area contributed by atoms with E-state index < -0.39 is 23.7 Å². The van der Waals surface area contributed by atoms with Gasteiger partial charge in [0.1, 0.15) is 0 Å². The number of anilines is 2. The second-order valence-corrected chi connectivity index (χ2v) is 6.53. The van der Waals surface area contributed by atoms with E-state index in [0.717, 1.165) is 16.7 Å². The number of carbonyl (C=O) groups is 2. The molecule has 0 unspecified atom stereocenters. The van der Waals surface area contributed by atoms with Crippen molar-refractivity contribution in [3.8, 4) is 0 Å². The second kappa shape index (κ2) is 6.69. The molecule has 3 rings (SSSR count). The monoisotopic (exact) mass is 387 g/mol. The second-order valence-electron chi connectivity index (χ2n) is 4.59. The first-order chi connectivity index (χ1) is 11.8. The molecule has 2 N–H and O–H groups in total. The molecule has 0 fully saturated rings. The summed E-state index contributed by atoms with van der Waals surface area (Å²) in [4.78, 5) is 27.4. The van der Waals surface area contributed by atoms with Crippen molar-refractivity contribution in [1.29, 1.82) is 0 Å². The standard InChI is InChI=1S/C14H8F3N3O3S2/c15-14(16,17)9-6-24-13(18-9)20-12(22)8-3-4-10(25-8)19-11(21)7-2-1-5-23-7/h1-6H,(H,19,21)(H,18,20,22). The van der Waals surface area contributed by atoms with Crippen molar-refractivity contribution >= 4 is 44.6 Å². The van der Waals surface area contributed by atoms with Gasteiger partial charge in [-0.1, -0.05) is 0 Å². The van der Waals surface area contributed by atoms with Crippen LogP contribution in [-0.2, 0) is 6.18 Å². The van der Waals surface area contributed by atoms with E-state index in [0.29, 0.717) is 16.3 Å². The fourth-order valence-electron chi connectivity index (χ4n) is 1.73. The van der Waals surface area contributed by atoms with Crippen molar-refractivity contribution in [3.05, 3.63) is 52.2 Å². The summed E-state index contributed by atoms with van der Waals surface area (Å²) >= 11 is 1.64. The lowest BCUT2D eigenvalue weighted by atomic mass is 10.4. The lowest BCUT2D eigenvalue weighted by Gasteiger charge is -2.01. The molecule has 3 aromatic heterocycles. The number of hydrogen-bond acceptors (Lipinski definition) is 6. The summed E-state index contributed by atoms with van der Waals surface area (Å²) in [5.74, 6) is -0.984. The first-order valence-corrected chi connectivity index (χ1v) is 8.31. The Hall–Kier alpha value is -2.66. The zero-order chi connectivity index (χ0) is 18.0. The van der Waals surface area contributed by atoms with Crippen molar-refractivity contribution in [2.24, 2.45) is 0 Å². The summed E-state index contributed by atoms with van der Waals surface area (Å²) in [6.07, 6.45) is -3.21. The van der Waals surface area contributed by atoms with E-state index in [2.05, 4.69) is 15.6 Å². The number of nitrogens with one attached hydrogen (secondary N) is 2. The van der Waals surface area contributed by atoms with Gasteiger partial charge in [0.15, 0.2) is 16.6 Å². The third kappa shape index (κ3) is 4.06. The fourth-order valence-corrected chi connectivity index (χ4v) is 3.24. The van der Waals surface area contributed by atoms with Crippen molar-refractivity contribution in [1.82, 2.24) is 4.98 Å². The Balaban J connectivity index is 1.64. The smallest absolute Gasteiger partial charge is 0.434 e. The van der Waals surface area contributed by atoms with Gasteiger partial charge in [0, 0.05) is 5.38 Å². The first-order valence-electron chi connectivity index (χ1n) is 6.62. The van der Waals surface area contributed by atoms with E-state index in [1.165, 1.54) is 24.5 Å². The molecule has 0 aliphatic heterocycles. The molecule has 2 amide bonds. The predicted octanol–water partition coefficient (Wildman–Crippen LogP) is 4.32. The Kier molecular flexibility index (Phi) is 4.59. The van der Waals surface area contributed by atoms with E-state index in [9.17, 15) is 22.8 Å². The highest BCUT2D eigenvalue weighted by molar-refractivity contribution is 7.18. The SMILES string of the molecule is O=C(Nc1ccc(C(=O)Nc2nc(C(F)(F)F)cs2)s1)c1ccco1. The third-order valence-corrected chi connectivity index (χ3v) is 4.58. The number of rotatable bonds is 4. The molecule has 0 aromatic carbocycles. The third-order valence-electron chi connectivity index (χ3n) is 2.83. The maximum Gasteiger partial charge on any atom is 0.434 e. The highest BCUT2D eigenvalue weighted by Crippen LogP contribution is 2.32. The number of aromatic nitrogens is 1. The average molecular weight is 387 g/mol. The van der Waals surface area contributed by atoms with E-state index in [4.69, 9.17) is 4.42 Å². The Morgan fingerprint density at radius 1 is 1.12 bits per heavy atom. The molecular formula is C14H8F3N3O3S2. The summed E-state index contributed by atoms with van der Waals surface area (Å²) in [5.41, 5.74) is -1.06. The maximum atomic E-state index is 12.5. The number of thiophene rings is 1. The number of nitrogens with zero attached hydrogens (tertiary/aromatic N) is 1. The fraction of sp³-hybridized carbons (Fsp3) is 0.0714. The molecule has 0 spiro atoms. The van der Waals surface area contributed by atoms with Crippen molar-refractivity contribution < 1.29 is 27.2 Å². The lowest BCUT2D eigenvalue weighted by Crippen LogP contribution is -2.11. The molecule has 3 heterocycles. The Labute approximate surface area is 146 Å². The molecule has 0 bridgehead atoms. The number of alkyl halides is 3. The molecular weight excluding hydrogens is 379 g/mol. The summed E-state index contributed by atoms with van der Waals surface area (Å²) in [6, 6.07) is 5.99. The van der Waals surface area contributed by atoms with Gasteiger partial charge in [0.2, 0.25) is 0 Å². The maximum absolute atomic E-state index is 12.5. The molecule has 0 aliphatic carbocycles. The highest BCUT2D eigenvalue weighted by atomic mass is 32.1. The summed E-state index contributed by atoms with van der Waals surface area (Å²) in [7, 11) is 0. The zero-order valence-electron chi connectivity index (χ0n) is 12.1. The lowest BCUT2D eigenvalue weighted by molar-refractivity contribution is -0.140. The first kappa shape index (κ1) is 17.2. The van der Waals surface area contributed by atoms with Crippen LogP contribution in [0.3, 0.4) is 0 Å². The summed E-state index contributed by atoms with van der Waals surface area (Å²) < 4.78 is 42.4. The van der Waals surface area contributed by atoms with Crippen molar-refractivity contribution in [2.75, 3.05) is 10.6 Å². The van der Waals surface area contributed by atoms with E-state index in [1.807, 2.05) is 0 Å². The van der Waals surface area contributed by atoms with Gasteiger partial charge in [-0.05, 0) is 24.3 Å². The van der Waals surface area contributed by atoms with Gasteiger partial charge in [0.25, 0.3) is 11.8 Å². The number of hydrogen-bond donors (Lipinski definition) is 2. The van der Waals surface area contributed by atoms with Crippen LogP contribution >= 0.6 is 22.7 Å². The quantitative estimate of drug-likeness (QED) is 0.698. The minimum absolute atomic E-state index is 0.113. The van der Waals surface area contributed by atoms with Crippen LogP contribution < -0.4 is 10.6 Å². The molecule has 0 saturated heterocycles. The molecule has 0 aliphatic rings. The topological polar surface area (TPSA) is 84.2 Å². The average Bonchev–Trinajstić information content (AvgIpc) is 3.28. The normalized spacial score (nSPS) is 11.3. The van der Waals surface area contributed by atoms with Crippen LogP contribution in [0, 0.1) is 0 Å². The molecule has 11 heteroatoms. The highest BCUT2D eigenvalue weighted by Gasteiger charge is 2.34. The predicted molar refractivity (Wildman–Crippen MR) is 86.0 cm³/mol. The molecule has 25 heavy (non-hydrogen) atoms. The van der Waals surface area contributed by atoms with Gasteiger partial charge in [-0.3, -0.25) is 14.9 Å². The minimum atomic E-state index is -4.56. The van der Waals surface area contributed by atoms with Gasteiger partial charge in [0.05, 0.1) is 16.1 Å². The van der Waals surface area contributed by atoms with Crippen molar-refractivity contribution in [2.45, 2.75) is 6.18 Å². The molecule has 0 saturated carbocycles. The van der Waals surface area contributed by atoms with Gasteiger partial charge in [-0.25, -0.2) is 4.98 Å². The minimum Gasteiger partial charge on any atom is -0.459 e. The van der Waals surface area contributed by atoms with E-state index >= 15 is 0 Å². The molecule has 3 aromatic rings. The van der Waals surface area contributed by atoms with Gasteiger partial charge in [-0.2, -0.15) is 13.2 Å². The number of halogens is 3. The number of thiazole rings is 1. The van der Waals surface area contributed by atoms with Gasteiger partial charge in [-0.15, -0.1) is 22.7 Å². The van der Waals surface area contributed by atoms with Crippen LogP contribution in [0.2, 0.25) is 0 Å². The van der Waals surface area contributed by atoms with Gasteiger partial charge >= 0.3 is 6.18 Å². The molecule has 6 nitrogen and oxygen atoms in total. The molecule has 0 radical (unpaired) electrons. The number of furan rings is 1. The van der Waals surface area contributed by atoms with E-state index in [-0.39, 0.29) is 15.8 Å². The summed E-state index contributed by atoms with van der Waals surface area (Å²) in [5, 5.41) is 5.89. The van der Waals surface area contributed by atoms with Crippen LogP contribution in [0.25, 0.3) is 0 Å². The van der Waals surface area contributed by atoms with Crippen LogP contribution in [0.15, 0.2) is 40.3 Å². The van der Waals surface area contributed by atoms with E-state index in [1.54, 1.807) is 6.07 Å². The number of carbonyl (C=O) groups excluding carboxylic acids is 2. The Morgan fingerprint density at radius 3 is 2.56 bits per heavy atom. The van der Waals surface area contributed by atoms with Crippen LogP contribution in [0.4, 0.5) is 23.3 Å². The largest absolute Gasteiger partial charge is 0.459 e. The van der Waals surface area contributed by atoms with Crippen LogP contribution in [-0.4, -0.2) is 16.8 Å². The summed E-state index contributed by atoms with van der Waals surface area (Å²) in [6.45, 7) is 0. The zero-order valence-corrected chi connectivity index (χ0v) is 13.7. The number of amides is 2. The van der Waals surface area contributed by atoms with Crippen LogP contribution in [0.5, 0.6) is 0 Å². The molecule has 0 atom stereocenters. The van der Waals surface area contributed by atoms with Gasteiger partial charge < -0.3 is 9.73 Å². The molecule has 130 valence electrons. The van der Waals surface area contributed by atoms with Crippen molar-refractivity contribution in [3.63, 3.8) is 0 Å².